The van der Waals surface area contributed by atoms with E-state index in [0.717, 1.165) is 0 Å². The average molecular weight is 153 g/mol. The monoisotopic (exact) mass is 153 g/mol. The summed E-state index contributed by atoms with van der Waals surface area (Å²) < 4.78 is 0. The van der Waals surface area contributed by atoms with Gasteiger partial charge in [-0.15, -0.1) is 0 Å². The number of hydrogen-bond acceptors (Lipinski definition) is 2. The van der Waals surface area contributed by atoms with Gasteiger partial charge < -0.3 is 21.2 Å². The molecule has 0 aromatic carbocycles. The summed E-state index contributed by atoms with van der Waals surface area (Å²) >= 11 is 0. The summed E-state index contributed by atoms with van der Waals surface area (Å²) in [4.78, 5) is 9.45. The summed E-state index contributed by atoms with van der Waals surface area (Å²) in [6, 6.07) is 0. The Morgan fingerprint density at radius 3 is 1.56 bits per heavy atom. The van der Waals surface area contributed by atoms with Crippen LogP contribution in [0.2, 0.25) is 0 Å². The van der Waals surface area contributed by atoms with Crippen LogP contribution in [0.1, 0.15) is 6.92 Å². The van der Waals surface area contributed by atoms with Crippen molar-refractivity contribution in [1.29, 1.82) is 0 Å². The van der Waals surface area contributed by atoms with Gasteiger partial charge in [0.1, 0.15) is 6.10 Å². The largest absolute Gasteiger partial charge is 0.479 e. The third-order valence-electron chi connectivity index (χ3n) is 0.357. The van der Waals surface area contributed by atoms with Crippen LogP contribution >= 0.6 is 0 Å². The van der Waals surface area contributed by atoms with E-state index < -0.39 is 12.1 Å². The molecule has 5 nitrogen and oxygen atoms in total. The topological polar surface area (TPSA) is 121 Å². The number of carbonyl (C=O) groups is 1. The van der Waals surface area contributed by atoms with Crippen molar-refractivity contribution in [2.45, 2.75) is 13.0 Å². The zero-order valence-corrected chi connectivity index (χ0v) is 6.11. The summed E-state index contributed by atoms with van der Waals surface area (Å²) in [6.07, 6.45) is -1.23. The summed E-state index contributed by atoms with van der Waals surface area (Å²) in [5.74, 6) is -1.19. The first kappa shape index (κ1) is 23.2. The molecule has 0 aromatic heterocycles. The van der Waals surface area contributed by atoms with Crippen LogP contribution in [0.25, 0.3) is 0 Å². The Morgan fingerprint density at radius 1 is 1.44 bits per heavy atom. The van der Waals surface area contributed by atoms with E-state index in [9.17, 15) is 4.79 Å². The second-order valence-corrected chi connectivity index (χ2v) is 1.01. The molecular formula is C3H10AlO5. The first-order valence-electron chi connectivity index (χ1n) is 1.55. The summed E-state index contributed by atoms with van der Waals surface area (Å²) in [6.45, 7) is 1.20. The van der Waals surface area contributed by atoms with Crippen LogP contribution < -0.4 is 0 Å². The van der Waals surface area contributed by atoms with Gasteiger partial charge in [0.25, 0.3) is 0 Å². The zero-order chi connectivity index (χ0) is 5.15. The van der Waals surface area contributed by atoms with Crippen LogP contribution in [0.4, 0.5) is 0 Å². The Bertz CT molecular complexity index is 63.2. The van der Waals surface area contributed by atoms with Crippen molar-refractivity contribution in [2.75, 3.05) is 0 Å². The predicted octanol–water partition coefficient (Wildman–Crippen LogP) is -2.58. The van der Waals surface area contributed by atoms with Gasteiger partial charge in [0.15, 0.2) is 0 Å². The molecular weight excluding hydrogens is 143 g/mol. The van der Waals surface area contributed by atoms with Crippen molar-refractivity contribution >= 4 is 23.3 Å². The fourth-order valence-corrected chi connectivity index (χ4v) is 0. The number of aliphatic hydroxyl groups is 1. The first-order chi connectivity index (χ1) is 2.64. The fourth-order valence-electron chi connectivity index (χ4n) is 0. The molecule has 6 heteroatoms. The molecule has 1 atom stereocenters. The SMILES string of the molecule is CC(O)C(=O)O.O.O.[Al]. The van der Waals surface area contributed by atoms with Crippen LogP contribution in [0.15, 0.2) is 0 Å². The number of aliphatic hydroxyl groups excluding tert-OH is 1. The normalized spacial score (nSPS) is 9.11. The van der Waals surface area contributed by atoms with E-state index in [4.69, 9.17) is 10.2 Å². The van der Waals surface area contributed by atoms with Gasteiger partial charge in [-0.1, -0.05) is 0 Å². The molecule has 0 aliphatic carbocycles. The van der Waals surface area contributed by atoms with Crippen LogP contribution in [0.5, 0.6) is 0 Å². The van der Waals surface area contributed by atoms with E-state index in [2.05, 4.69) is 0 Å². The molecule has 1 unspecified atom stereocenters. The van der Waals surface area contributed by atoms with Gasteiger partial charge in [-0.25, -0.2) is 4.79 Å². The first-order valence-corrected chi connectivity index (χ1v) is 1.55. The second kappa shape index (κ2) is 10.8. The van der Waals surface area contributed by atoms with Crippen LogP contribution in [-0.2, 0) is 4.79 Å². The number of carboxylic acid groups (broad SMARTS) is 1. The molecule has 0 saturated carbocycles. The van der Waals surface area contributed by atoms with E-state index in [1.807, 2.05) is 0 Å². The lowest BCUT2D eigenvalue weighted by Gasteiger charge is -1.89. The third kappa shape index (κ3) is 18.1. The highest BCUT2D eigenvalue weighted by Crippen LogP contribution is 1.73. The Labute approximate surface area is 63.1 Å². The maximum absolute atomic E-state index is 9.45. The number of hydrogen-bond donors (Lipinski definition) is 2. The van der Waals surface area contributed by atoms with Crippen LogP contribution in [-0.4, -0.2) is 50.6 Å². The van der Waals surface area contributed by atoms with E-state index in [0.29, 0.717) is 0 Å². The van der Waals surface area contributed by atoms with E-state index >= 15 is 0 Å². The highest BCUT2D eigenvalue weighted by molar-refractivity contribution is 5.75. The van der Waals surface area contributed by atoms with Gasteiger partial charge in [0, 0.05) is 17.4 Å². The minimum atomic E-state index is -1.23. The smallest absolute Gasteiger partial charge is 0.332 e. The van der Waals surface area contributed by atoms with Gasteiger partial charge >= 0.3 is 5.97 Å². The third-order valence-corrected chi connectivity index (χ3v) is 0.357. The Balaban J connectivity index is -0.0000000417. The molecule has 6 N–H and O–H groups in total. The van der Waals surface area contributed by atoms with Gasteiger partial charge in [0.2, 0.25) is 0 Å². The fraction of sp³-hybridized carbons (Fsp3) is 0.667. The Morgan fingerprint density at radius 2 is 1.56 bits per heavy atom. The van der Waals surface area contributed by atoms with Gasteiger partial charge in [-0.3, -0.25) is 0 Å². The molecule has 0 saturated heterocycles. The number of aliphatic carboxylic acids is 1. The molecule has 0 spiro atoms. The zero-order valence-electron chi connectivity index (χ0n) is 4.96. The molecule has 3 radical (unpaired) electrons. The quantitative estimate of drug-likeness (QED) is 0.402. The second-order valence-electron chi connectivity index (χ2n) is 1.01. The number of rotatable bonds is 1. The lowest BCUT2D eigenvalue weighted by atomic mass is 10.4. The molecule has 0 aliphatic heterocycles. The van der Waals surface area contributed by atoms with E-state index in [1.165, 1.54) is 6.92 Å². The molecule has 55 valence electrons. The highest BCUT2D eigenvalue weighted by Gasteiger charge is 2.01. The minimum absolute atomic E-state index is 0. The van der Waals surface area contributed by atoms with Gasteiger partial charge in [0.05, 0.1) is 0 Å². The molecule has 0 rings (SSSR count). The molecule has 0 aromatic rings. The Hall–Kier alpha value is -0.118. The minimum Gasteiger partial charge on any atom is -0.479 e. The predicted molar refractivity (Wildman–Crippen MR) is 32.3 cm³/mol. The van der Waals surface area contributed by atoms with Crippen LogP contribution in [0.3, 0.4) is 0 Å². The van der Waals surface area contributed by atoms with E-state index in [-0.39, 0.29) is 28.3 Å². The van der Waals surface area contributed by atoms with Crippen molar-refractivity contribution in [3.63, 3.8) is 0 Å². The summed E-state index contributed by atoms with van der Waals surface area (Å²) in [5.41, 5.74) is 0. The maximum atomic E-state index is 9.45. The van der Waals surface area contributed by atoms with Gasteiger partial charge in [-0.05, 0) is 6.92 Å². The summed E-state index contributed by atoms with van der Waals surface area (Å²) in [7, 11) is 0. The van der Waals surface area contributed by atoms with Crippen molar-refractivity contribution < 1.29 is 26.0 Å². The van der Waals surface area contributed by atoms with Crippen molar-refractivity contribution in [3.05, 3.63) is 0 Å². The van der Waals surface area contributed by atoms with E-state index in [1.54, 1.807) is 0 Å². The molecule has 0 heterocycles. The molecule has 9 heavy (non-hydrogen) atoms. The average Bonchev–Trinajstić information content (AvgIpc) is 1.36. The molecule has 0 bridgehead atoms. The number of carboxylic acids is 1. The van der Waals surface area contributed by atoms with Crippen molar-refractivity contribution in [1.82, 2.24) is 0 Å². The Kier molecular flexibility index (Phi) is 27.8. The summed E-state index contributed by atoms with van der Waals surface area (Å²) in [5, 5.41) is 15.8. The maximum Gasteiger partial charge on any atom is 0.332 e. The highest BCUT2D eigenvalue weighted by atomic mass is 27.0. The lowest BCUT2D eigenvalue weighted by molar-refractivity contribution is -0.145. The standard InChI is InChI=1S/C3H6O3.Al.2H2O/c1-2(4)3(5)6;;;/h2,4H,1H3,(H,5,6);;2*1H2. The molecule has 0 amide bonds. The van der Waals surface area contributed by atoms with Crippen LogP contribution in [0, 0.1) is 0 Å². The lowest BCUT2D eigenvalue weighted by Crippen LogP contribution is -2.13. The van der Waals surface area contributed by atoms with Gasteiger partial charge in [-0.2, -0.15) is 0 Å². The van der Waals surface area contributed by atoms with Crippen molar-refractivity contribution in [2.24, 2.45) is 0 Å². The molecule has 0 fully saturated rings. The van der Waals surface area contributed by atoms with Crippen molar-refractivity contribution in [3.8, 4) is 0 Å². The molecule has 0 aliphatic rings.